The molecule has 2 nitrogen and oxygen atoms in total. The molecule has 0 unspecified atom stereocenters. The Morgan fingerprint density at radius 1 is 0.833 bits per heavy atom. The van der Waals surface area contributed by atoms with Gasteiger partial charge >= 0.3 is 0 Å². The number of piperidine rings is 1. The van der Waals surface area contributed by atoms with Crippen molar-refractivity contribution in [3.8, 4) is 0 Å². The maximum Gasteiger partial charge on any atom is 0.123 e. The second-order valence-corrected chi connectivity index (χ2v) is 9.11. The van der Waals surface area contributed by atoms with E-state index in [-0.39, 0.29) is 17.7 Å². The van der Waals surface area contributed by atoms with Gasteiger partial charge in [0.05, 0.1) is 6.61 Å². The highest BCUT2D eigenvalue weighted by atomic mass is 19.1. The van der Waals surface area contributed by atoms with E-state index in [2.05, 4.69) is 11.0 Å². The van der Waals surface area contributed by atoms with Crippen LogP contribution >= 0.6 is 0 Å². The van der Waals surface area contributed by atoms with Gasteiger partial charge in [0.15, 0.2) is 0 Å². The Bertz CT molecular complexity index is 827. The average molecular weight is 410 g/mol. The highest BCUT2D eigenvalue weighted by Gasteiger charge is 2.40. The number of rotatable bonds is 7. The molecule has 2 aromatic carbocycles. The first-order valence-electron chi connectivity index (χ1n) is 11.2. The minimum atomic E-state index is -0.338. The Kier molecular flexibility index (Phi) is 5.70. The van der Waals surface area contributed by atoms with Crippen molar-refractivity contribution in [1.82, 2.24) is 4.90 Å². The molecule has 0 N–H and O–H groups in total. The number of ether oxygens (including phenoxy) is 1. The van der Waals surface area contributed by atoms with E-state index < -0.39 is 0 Å². The monoisotopic (exact) mass is 409 g/mol. The molecule has 2 aliphatic heterocycles. The molecule has 2 aromatic rings. The molecule has 1 aliphatic carbocycles. The van der Waals surface area contributed by atoms with E-state index in [1.165, 1.54) is 62.1 Å². The SMILES string of the molecule is Fc1ccc(C(OCC=C2C[C@H]3CC[C@@H](C2)N3CC2CC2)c2ccc(F)cc2)cc1. The number of fused-ring (bicyclic) bond motifs is 2. The Morgan fingerprint density at radius 2 is 1.37 bits per heavy atom. The van der Waals surface area contributed by atoms with Crippen LogP contribution in [0.25, 0.3) is 0 Å². The molecule has 158 valence electrons. The minimum absolute atomic E-state index is 0.271. The molecule has 3 aliphatic rings. The van der Waals surface area contributed by atoms with Gasteiger partial charge in [-0.1, -0.05) is 35.9 Å². The molecule has 0 amide bonds. The van der Waals surface area contributed by atoms with Crippen molar-refractivity contribution in [1.29, 1.82) is 0 Å². The third-order valence-electron chi connectivity index (χ3n) is 6.91. The summed E-state index contributed by atoms with van der Waals surface area (Å²) in [6.07, 6.45) is 9.71. The topological polar surface area (TPSA) is 12.5 Å². The molecule has 2 heterocycles. The number of hydrogen-bond acceptors (Lipinski definition) is 2. The molecule has 0 spiro atoms. The molecule has 1 saturated carbocycles. The van der Waals surface area contributed by atoms with Crippen molar-refractivity contribution >= 4 is 0 Å². The largest absolute Gasteiger partial charge is 0.365 e. The summed E-state index contributed by atoms with van der Waals surface area (Å²) in [6, 6.07) is 14.2. The lowest BCUT2D eigenvalue weighted by Crippen LogP contribution is -2.41. The number of benzene rings is 2. The van der Waals surface area contributed by atoms with Crippen molar-refractivity contribution in [2.45, 2.75) is 56.7 Å². The van der Waals surface area contributed by atoms with Crippen LogP contribution < -0.4 is 0 Å². The van der Waals surface area contributed by atoms with E-state index in [4.69, 9.17) is 4.74 Å². The zero-order valence-corrected chi connectivity index (χ0v) is 17.3. The van der Waals surface area contributed by atoms with Crippen LogP contribution in [0.5, 0.6) is 0 Å². The van der Waals surface area contributed by atoms with Crippen LogP contribution in [-0.4, -0.2) is 30.1 Å². The molecule has 2 atom stereocenters. The van der Waals surface area contributed by atoms with E-state index in [1.54, 1.807) is 24.3 Å². The maximum atomic E-state index is 13.4. The van der Waals surface area contributed by atoms with E-state index in [9.17, 15) is 8.78 Å². The fourth-order valence-electron chi connectivity index (χ4n) is 5.13. The van der Waals surface area contributed by atoms with Gasteiger partial charge in [-0.05, 0) is 79.8 Å². The smallest absolute Gasteiger partial charge is 0.123 e. The van der Waals surface area contributed by atoms with Gasteiger partial charge in [-0.15, -0.1) is 0 Å². The Balaban J connectivity index is 1.26. The molecule has 30 heavy (non-hydrogen) atoms. The van der Waals surface area contributed by atoms with Crippen molar-refractivity contribution < 1.29 is 13.5 Å². The first-order valence-corrected chi connectivity index (χ1v) is 11.2. The van der Waals surface area contributed by atoms with Gasteiger partial charge in [-0.2, -0.15) is 0 Å². The van der Waals surface area contributed by atoms with E-state index >= 15 is 0 Å². The minimum Gasteiger partial charge on any atom is -0.365 e. The lowest BCUT2D eigenvalue weighted by atomic mass is 9.96. The molecule has 0 radical (unpaired) electrons. The summed E-state index contributed by atoms with van der Waals surface area (Å²) in [6.45, 7) is 1.81. The molecular weight excluding hydrogens is 380 g/mol. The quantitative estimate of drug-likeness (QED) is 0.518. The summed E-state index contributed by atoms with van der Waals surface area (Å²) >= 11 is 0. The average Bonchev–Trinajstić information content (AvgIpc) is 3.53. The van der Waals surface area contributed by atoms with Gasteiger partial charge in [0.1, 0.15) is 17.7 Å². The lowest BCUT2D eigenvalue weighted by molar-refractivity contribution is 0.102. The van der Waals surface area contributed by atoms with Gasteiger partial charge in [-0.3, -0.25) is 4.90 Å². The van der Waals surface area contributed by atoms with Crippen LogP contribution in [0.1, 0.15) is 55.8 Å². The van der Waals surface area contributed by atoms with Crippen molar-refractivity contribution in [2.24, 2.45) is 5.92 Å². The third-order valence-corrected chi connectivity index (χ3v) is 6.91. The summed E-state index contributed by atoms with van der Waals surface area (Å²) in [5, 5.41) is 0. The Labute approximate surface area is 177 Å². The molecule has 2 saturated heterocycles. The first-order chi connectivity index (χ1) is 14.7. The van der Waals surface area contributed by atoms with Gasteiger partial charge in [0.2, 0.25) is 0 Å². The zero-order chi connectivity index (χ0) is 20.5. The van der Waals surface area contributed by atoms with Gasteiger partial charge < -0.3 is 4.74 Å². The van der Waals surface area contributed by atoms with Gasteiger partial charge in [0, 0.05) is 18.6 Å². The number of halogens is 2. The lowest BCUT2D eigenvalue weighted by Gasteiger charge is -2.36. The van der Waals surface area contributed by atoms with Crippen LogP contribution in [0.4, 0.5) is 8.78 Å². The van der Waals surface area contributed by atoms with E-state index in [0.29, 0.717) is 18.7 Å². The predicted octanol–water partition coefficient (Wildman–Crippen LogP) is 6.03. The second kappa shape index (κ2) is 8.60. The highest BCUT2D eigenvalue weighted by Crippen LogP contribution is 2.41. The number of nitrogens with zero attached hydrogens (tertiary/aromatic N) is 1. The Hall–Kier alpha value is -2.04. The van der Waals surface area contributed by atoms with Crippen LogP contribution in [0.15, 0.2) is 60.2 Å². The summed E-state index contributed by atoms with van der Waals surface area (Å²) in [5.74, 6) is 0.411. The summed E-state index contributed by atoms with van der Waals surface area (Å²) in [5.41, 5.74) is 3.26. The van der Waals surface area contributed by atoms with Crippen LogP contribution in [-0.2, 0) is 4.74 Å². The highest BCUT2D eigenvalue weighted by molar-refractivity contribution is 5.30. The van der Waals surface area contributed by atoms with Crippen LogP contribution in [0.2, 0.25) is 0 Å². The number of hydrogen-bond donors (Lipinski definition) is 0. The fourth-order valence-corrected chi connectivity index (χ4v) is 5.13. The summed E-state index contributed by atoms with van der Waals surface area (Å²) in [4.78, 5) is 2.77. The standard InChI is InChI=1S/C26H29F2NO/c27-22-7-3-20(4-8-22)26(21-5-9-23(28)10-6-21)30-14-13-19-15-24-11-12-25(16-19)29(24)17-18-1-2-18/h3-10,13,18,24-26H,1-2,11-12,14-17H2/t24-,25+. The molecule has 4 heteroatoms. The van der Waals surface area contributed by atoms with Crippen LogP contribution in [0, 0.1) is 17.6 Å². The van der Waals surface area contributed by atoms with E-state index in [0.717, 1.165) is 29.9 Å². The summed E-state index contributed by atoms with van der Waals surface area (Å²) < 4.78 is 33.0. The Morgan fingerprint density at radius 3 is 1.87 bits per heavy atom. The summed E-state index contributed by atoms with van der Waals surface area (Å²) in [7, 11) is 0. The maximum absolute atomic E-state index is 13.4. The normalized spacial score (nSPS) is 25.4. The third kappa shape index (κ3) is 4.50. The molecule has 3 fully saturated rings. The van der Waals surface area contributed by atoms with Crippen LogP contribution in [0.3, 0.4) is 0 Å². The first kappa shape index (κ1) is 19.9. The molecular formula is C26H29F2NO. The zero-order valence-electron chi connectivity index (χ0n) is 17.3. The molecule has 5 rings (SSSR count). The van der Waals surface area contributed by atoms with E-state index in [1.807, 2.05) is 0 Å². The van der Waals surface area contributed by atoms with Gasteiger partial charge in [0.25, 0.3) is 0 Å². The molecule has 0 aromatic heterocycles. The van der Waals surface area contributed by atoms with Crippen molar-refractivity contribution in [3.63, 3.8) is 0 Å². The second-order valence-electron chi connectivity index (χ2n) is 9.11. The molecule has 2 bridgehead atoms. The van der Waals surface area contributed by atoms with Crippen molar-refractivity contribution in [3.05, 3.63) is 82.9 Å². The fraction of sp³-hybridized carbons (Fsp3) is 0.462. The van der Waals surface area contributed by atoms with Crippen molar-refractivity contribution in [2.75, 3.05) is 13.2 Å². The van der Waals surface area contributed by atoms with Gasteiger partial charge in [-0.25, -0.2) is 8.78 Å². The predicted molar refractivity (Wildman–Crippen MR) is 114 cm³/mol.